The van der Waals surface area contributed by atoms with E-state index in [0.717, 1.165) is 17.8 Å². The van der Waals surface area contributed by atoms with Gasteiger partial charge in [0.2, 0.25) is 0 Å². The van der Waals surface area contributed by atoms with Crippen LogP contribution in [0.25, 0.3) is 0 Å². The lowest BCUT2D eigenvalue weighted by molar-refractivity contribution is 0.393. The van der Waals surface area contributed by atoms with Crippen molar-refractivity contribution in [3.63, 3.8) is 0 Å². The molecule has 19 heavy (non-hydrogen) atoms. The van der Waals surface area contributed by atoms with Crippen molar-refractivity contribution in [2.24, 2.45) is 17.8 Å². The molecule has 0 N–H and O–H groups in total. The van der Waals surface area contributed by atoms with Gasteiger partial charge >= 0.3 is 0 Å². The number of fused-ring (bicyclic) bond motifs is 2. The zero-order valence-corrected chi connectivity index (χ0v) is 12.7. The highest BCUT2D eigenvalue weighted by atomic mass is 14.4. The Kier molecular flexibility index (Phi) is 6.74. The molecule has 0 amide bonds. The molecule has 1 saturated carbocycles. The number of allylic oxidation sites excluding steroid dienone is 3. The quantitative estimate of drug-likeness (QED) is 0.303. The summed E-state index contributed by atoms with van der Waals surface area (Å²) in [7, 11) is 0. The van der Waals surface area contributed by atoms with Gasteiger partial charge in [0.15, 0.2) is 0 Å². The van der Waals surface area contributed by atoms with Crippen LogP contribution in [0.5, 0.6) is 0 Å². The summed E-state index contributed by atoms with van der Waals surface area (Å²) in [5, 5.41) is 0. The van der Waals surface area contributed by atoms with E-state index in [-0.39, 0.29) is 0 Å². The lowest BCUT2D eigenvalue weighted by Crippen LogP contribution is -2.06. The average Bonchev–Trinajstić information content (AvgIpc) is 3.03. The van der Waals surface area contributed by atoms with Gasteiger partial charge in [-0.05, 0) is 49.9 Å². The molecule has 0 aromatic carbocycles. The third-order valence-corrected chi connectivity index (χ3v) is 5.15. The van der Waals surface area contributed by atoms with Crippen LogP contribution in [0.2, 0.25) is 0 Å². The van der Waals surface area contributed by atoms with Crippen molar-refractivity contribution in [2.75, 3.05) is 0 Å². The SMILES string of the molecule is C=CCCCCCCCCCCC1CC2C=CC1C2. The fourth-order valence-corrected chi connectivity index (χ4v) is 3.98. The summed E-state index contributed by atoms with van der Waals surface area (Å²) < 4.78 is 0. The van der Waals surface area contributed by atoms with Crippen LogP contribution in [0.1, 0.15) is 77.0 Å². The molecule has 0 nitrogen and oxygen atoms in total. The van der Waals surface area contributed by atoms with Gasteiger partial charge in [-0.25, -0.2) is 0 Å². The molecule has 3 unspecified atom stereocenters. The van der Waals surface area contributed by atoms with E-state index in [1.54, 1.807) is 0 Å². The Morgan fingerprint density at radius 2 is 1.53 bits per heavy atom. The number of hydrogen-bond donors (Lipinski definition) is 0. The number of unbranched alkanes of at least 4 members (excludes halogenated alkanes) is 8. The summed E-state index contributed by atoms with van der Waals surface area (Å²) >= 11 is 0. The van der Waals surface area contributed by atoms with Gasteiger partial charge in [0, 0.05) is 0 Å². The van der Waals surface area contributed by atoms with Crippen LogP contribution in [0.4, 0.5) is 0 Å². The molecular weight excluding hydrogens is 228 g/mol. The summed E-state index contributed by atoms with van der Waals surface area (Å²) in [4.78, 5) is 0. The van der Waals surface area contributed by atoms with Crippen LogP contribution in [0, 0.1) is 17.8 Å². The van der Waals surface area contributed by atoms with Gasteiger partial charge in [-0.3, -0.25) is 0 Å². The van der Waals surface area contributed by atoms with E-state index >= 15 is 0 Å². The van der Waals surface area contributed by atoms with E-state index < -0.39 is 0 Å². The Morgan fingerprint density at radius 3 is 2.11 bits per heavy atom. The molecule has 108 valence electrons. The van der Waals surface area contributed by atoms with Crippen LogP contribution >= 0.6 is 0 Å². The highest BCUT2D eigenvalue weighted by Gasteiger charge is 2.34. The molecule has 0 saturated heterocycles. The Morgan fingerprint density at radius 1 is 0.842 bits per heavy atom. The summed E-state index contributed by atoms with van der Waals surface area (Å²) in [5.74, 6) is 2.98. The van der Waals surface area contributed by atoms with E-state index in [2.05, 4.69) is 18.7 Å². The predicted molar refractivity (Wildman–Crippen MR) is 85.2 cm³/mol. The van der Waals surface area contributed by atoms with Crippen molar-refractivity contribution in [3.8, 4) is 0 Å². The van der Waals surface area contributed by atoms with Crippen LogP contribution in [0.3, 0.4) is 0 Å². The van der Waals surface area contributed by atoms with Crippen molar-refractivity contribution in [1.82, 2.24) is 0 Å². The first-order valence-corrected chi connectivity index (χ1v) is 8.69. The van der Waals surface area contributed by atoms with Crippen molar-refractivity contribution in [2.45, 2.75) is 77.0 Å². The van der Waals surface area contributed by atoms with Gasteiger partial charge in [-0.15, -0.1) is 6.58 Å². The van der Waals surface area contributed by atoms with E-state index in [4.69, 9.17) is 0 Å². The lowest BCUT2D eigenvalue weighted by atomic mass is 9.88. The second-order valence-corrected chi connectivity index (χ2v) is 6.73. The van der Waals surface area contributed by atoms with Gasteiger partial charge in [0.05, 0.1) is 0 Å². The van der Waals surface area contributed by atoms with Crippen molar-refractivity contribution in [3.05, 3.63) is 24.8 Å². The largest absolute Gasteiger partial charge is 0.103 e. The molecule has 0 heteroatoms. The normalized spacial score (nSPS) is 28.1. The first kappa shape index (κ1) is 14.9. The molecule has 2 rings (SSSR count). The minimum atomic E-state index is 0.963. The molecule has 0 radical (unpaired) electrons. The molecule has 2 bridgehead atoms. The highest BCUT2D eigenvalue weighted by molar-refractivity contribution is 5.09. The molecule has 0 aromatic heterocycles. The maximum atomic E-state index is 3.77. The van der Waals surface area contributed by atoms with Gasteiger partial charge in [0.25, 0.3) is 0 Å². The van der Waals surface area contributed by atoms with Crippen LogP contribution in [-0.2, 0) is 0 Å². The third-order valence-electron chi connectivity index (χ3n) is 5.15. The fraction of sp³-hybridized carbons (Fsp3) is 0.789. The topological polar surface area (TPSA) is 0 Å². The maximum Gasteiger partial charge on any atom is -0.0199 e. The maximum absolute atomic E-state index is 3.77. The second kappa shape index (κ2) is 8.61. The van der Waals surface area contributed by atoms with E-state index in [0.29, 0.717) is 0 Å². The van der Waals surface area contributed by atoms with Crippen LogP contribution < -0.4 is 0 Å². The van der Waals surface area contributed by atoms with E-state index in [1.165, 1.54) is 77.0 Å². The Balaban J connectivity index is 1.35. The molecule has 3 atom stereocenters. The summed E-state index contributed by atoms with van der Waals surface area (Å²) in [6, 6.07) is 0. The van der Waals surface area contributed by atoms with E-state index in [1.807, 2.05) is 6.08 Å². The van der Waals surface area contributed by atoms with Crippen LogP contribution in [0.15, 0.2) is 24.8 Å². The molecule has 1 fully saturated rings. The van der Waals surface area contributed by atoms with Crippen molar-refractivity contribution in [1.29, 1.82) is 0 Å². The minimum Gasteiger partial charge on any atom is -0.103 e. The predicted octanol–water partition coefficient (Wildman–Crippen LogP) is 6.29. The highest BCUT2D eigenvalue weighted by Crippen LogP contribution is 2.45. The molecular formula is C19H32. The summed E-state index contributed by atoms with van der Waals surface area (Å²) in [5.41, 5.74) is 0. The molecule has 0 heterocycles. The minimum absolute atomic E-state index is 0.963. The molecule has 2 aliphatic rings. The van der Waals surface area contributed by atoms with Gasteiger partial charge in [-0.1, -0.05) is 63.2 Å². The Labute approximate surface area is 120 Å². The third kappa shape index (κ3) is 5.16. The fourth-order valence-electron chi connectivity index (χ4n) is 3.98. The standard InChI is InChI=1S/C19H32/c1-2-3-4-5-6-7-8-9-10-11-12-18-15-17-13-14-19(18)16-17/h2,13-14,17-19H,1,3-12,15-16H2. The number of rotatable bonds is 11. The van der Waals surface area contributed by atoms with Gasteiger partial charge in [0.1, 0.15) is 0 Å². The smallest absolute Gasteiger partial charge is 0.0199 e. The first-order chi connectivity index (χ1) is 9.40. The zero-order valence-electron chi connectivity index (χ0n) is 12.7. The average molecular weight is 260 g/mol. The van der Waals surface area contributed by atoms with Gasteiger partial charge < -0.3 is 0 Å². The number of hydrogen-bond acceptors (Lipinski definition) is 0. The lowest BCUT2D eigenvalue weighted by Gasteiger charge is -2.17. The molecule has 0 aliphatic heterocycles. The Hall–Kier alpha value is -0.520. The van der Waals surface area contributed by atoms with Crippen molar-refractivity contribution >= 4 is 0 Å². The molecule has 0 spiro atoms. The molecule has 0 aromatic rings. The summed E-state index contributed by atoms with van der Waals surface area (Å²) in [6.07, 6.45) is 24.2. The zero-order chi connectivity index (χ0) is 13.3. The first-order valence-electron chi connectivity index (χ1n) is 8.69. The van der Waals surface area contributed by atoms with Crippen LogP contribution in [-0.4, -0.2) is 0 Å². The van der Waals surface area contributed by atoms with Crippen molar-refractivity contribution < 1.29 is 0 Å². The second-order valence-electron chi connectivity index (χ2n) is 6.73. The summed E-state index contributed by atoms with van der Waals surface area (Å²) in [6.45, 7) is 3.77. The monoisotopic (exact) mass is 260 g/mol. The Bertz CT molecular complexity index is 276. The van der Waals surface area contributed by atoms with Gasteiger partial charge in [-0.2, -0.15) is 0 Å². The molecule has 2 aliphatic carbocycles. The van der Waals surface area contributed by atoms with E-state index in [9.17, 15) is 0 Å².